The zero-order chi connectivity index (χ0) is 73.3. The fourth-order valence-corrected chi connectivity index (χ4v) is 11.9. The van der Waals surface area contributed by atoms with Crippen molar-refractivity contribution in [1.82, 2.24) is 9.97 Å². The molecule has 0 amide bonds. The van der Waals surface area contributed by atoms with Gasteiger partial charge in [0.25, 0.3) is 0 Å². The van der Waals surface area contributed by atoms with Crippen molar-refractivity contribution in [2.24, 2.45) is 21.8 Å². The van der Waals surface area contributed by atoms with Gasteiger partial charge in [0.05, 0.1) is 35.7 Å². The zero-order valence-corrected chi connectivity index (χ0v) is 60.9. The number of alkyl halides is 3. The van der Waals surface area contributed by atoms with Crippen LogP contribution in [0.2, 0.25) is 0 Å². The molecular formula is C83H80CoF4N8O6. The monoisotopic (exact) mass is 1420 g/mol. The predicted octanol–water partition coefficient (Wildman–Crippen LogP) is 22.5. The number of benzene rings is 6. The van der Waals surface area contributed by atoms with Crippen molar-refractivity contribution in [3.8, 4) is 64.5 Å². The van der Waals surface area contributed by atoms with Crippen LogP contribution in [0.15, 0.2) is 189 Å². The normalized spacial score (nSPS) is 14.0. The second kappa shape index (κ2) is 33.1. The summed E-state index contributed by atoms with van der Waals surface area (Å²) in [4.78, 5) is 22.9. The molecule has 0 saturated heterocycles. The van der Waals surface area contributed by atoms with Gasteiger partial charge >= 0.3 is 23.0 Å². The first-order valence-corrected chi connectivity index (χ1v) is 33.6. The molecule has 6 aromatic carbocycles. The van der Waals surface area contributed by atoms with Crippen LogP contribution in [-0.2, 0) is 16.8 Å². The van der Waals surface area contributed by atoms with Crippen molar-refractivity contribution >= 4 is 29.0 Å². The van der Waals surface area contributed by atoms with Gasteiger partial charge in [0.1, 0.15) is 80.4 Å². The van der Waals surface area contributed by atoms with Crippen LogP contribution in [0.25, 0.3) is 16.4 Å². The Kier molecular flexibility index (Phi) is 25.0. The standard InChI is InChI=1S/C42H40F3N4O3.C41H40FN4O3.Co/c1-23(2)30-20-27(22-46)21-31(24(3)4)38(30)52-39(36-33(26(7)8)37(47-9)41(49-36)51-29-18-14-11-15-19-29)35-32(25(5)6)34(42(43,44)45)40(48-35)50-28-16-12-10-13-17-28;1-23(2)30-19-27(21-43)20-31(24(3)4)38(30)49-39(37-34(26(7)8)35(42)41(46-37)48-29-17-13-10-14-18-29)36-33(25(5)6)32(22-44)40(45-36)47-28-15-11-9-12-16-28;/h10-21,23-26H,1-8H3;9-20,23-26H,1-8H3;/q2*-1;+2/b39-35+;39-36+;. The number of ether oxygens (including phenoxy) is 6. The van der Waals surface area contributed by atoms with Crippen LogP contribution >= 0.6 is 0 Å². The SMILES string of the molecule is CC(C)C1=C(C#N)C(Oc2ccccc2)=N/C1=C(/Oc1c(C(C)C)cc(C#N)cc1C(C)C)c1[n-]c(Oc2ccccc2)c(F)c1C(C)C.[C-]#[N+]c1c(Oc2ccccc2)[n-]c(/C(Oc2c(C(C)C)cc(C#N)cc2C(C)C)=C2\N=C(Oc3ccccc3)C(C(F)(F)F)=C2C(C)C)c1C(C)C.[Co+2]. The van der Waals surface area contributed by atoms with Gasteiger partial charge in [-0.25, -0.2) is 19.2 Å². The maximum absolute atomic E-state index is 16.5. The smallest absolute Gasteiger partial charge is 0.635 e. The predicted molar refractivity (Wildman–Crippen MR) is 385 cm³/mol. The minimum atomic E-state index is -4.86. The number of para-hydroxylation sites is 4. The molecule has 2 aromatic heterocycles. The van der Waals surface area contributed by atoms with E-state index in [0.717, 1.165) is 11.1 Å². The van der Waals surface area contributed by atoms with Crippen molar-refractivity contribution in [3.05, 3.63) is 252 Å². The summed E-state index contributed by atoms with van der Waals surface area (Å²) in [7, 11) is 0. The number of aromatic nitrogens is 2. The number of aliphatic imine (C=N–C) groups is 2. The second-order valence-corrected chi connectivity index (χ2v) is 26.8. The van der Waals surface area contributed by atoms with E-state index in [-0.39, 0.29) is 133 Å². The first-order chi connectivity index (χ1) is 48.1. The van der Waals surface area contributed by atoms with Gasteiger partial charge in [-0.3, -0.25) is 0 Å². The summed E-state index contributed by atoms with van der Waals surface area (Å²) < 4.78 is 100. The van der Waals surface area contributed by atoms with Crippen LogP contribution < -0.4 is 38.4 Å². The van der Waals surface area contributed by atoms with E-state index in [1.807, 2.05) is 139 Å². The molecule has 8 aromatic rings. The Balaban J connectivity index is 0.000000257. The molecule has 0 N–H and O–H groups in total. The molecule has 0 spiro atoms. The Morgan fingerprint density at radius 2 is 0.794 bits per heavy atom. The van der Waals surface area contributed by atoms with Gasteiger partial charge < -0.3 is 38.4 Å². The molecule has 0 fully saturated rings. The van der Waals surface area contributed by atoms with E-state index in [1.165, 1.54) is 0 Å². The molecule has 102 heavy (non-hydrogen) atoms. The third-order valence-corrected chi connectivity index (χ3v) is 16.7. The van der Waals surface area contributed by atoms with Gasteiger partial charge in [-0.1, -0.05) is 195 Å². The first-order valence-electron chi connectivity index (χ1n) is 33.6. The fourth-order valence-electron chi connectivity index (χ4n) is 11.9. The summed E-state index contributed by atoms with van der Waals surface area (Å²) in [6, 6.07) is 48.9. The molecule has 2 aliphatic heterocycles. The average molecular weight is 1420 g/mol. The molecule has 1 radical (unpaired) electrons. The van der Waals surface area contributed by atoms with Crippen LogP contribution in [0.1, 0.15) is 202 Å². The number of halogens is 4. The Bertz CT molecular complexity index is 4700. The van der Waals surface area contributed by atoms with Crippen molar-refractivity contribution in [1.29, 1.82) is 15.8 Å². The molecule has 0 atom stereocenters. The third kappa shape index (κ3) is 16.8. The number of nitrogens with zero attached hydrogens (tertiary/aromatic N) is 8. The van der Waals surface area contributed by atoms with Crippen molar-refractivity contribution < 1.29 is 62.8 Å². The number of rotatable bonds is 20. The third-order valence-electron chi connectivity index (χ3n) is 16.7. The second-order valence-electron chi connectivity index (χ2n) is 26.8. The maximum atomic E-state index is 16.5. The summed E-state index contributed by atoms with van der Waals surface area (Å²) in [6.45, 7) is 38.8. The Labute approximate surface area is 605 Å². The quantitative estimate of drug-likeness (QED) is 0.0402. The summed E-state index contributed by atoms with van der Waals surface area (Å²) in [5.41, 5.74) is 4.92. The van der Waals surface area contributed by atoms with Gasteiger partial charge in [-0.05, 0) is 154 Å². The van der Waals surface area contributed by atoms with E-state index in [0.29, 0.717) is 67.8 Å². The molecule has 19 heteroatoms. The Hall–Kier alpha value is -10.8. The van der Waals surface area contributed by atoms with E-state index >= 15 is 17.6 Å². The topological polar surface area (TPSA) is 184 Å². The molecule has 0 saturated carbocycles. The van der Waals surface area contributed by atoms with Crippen LogP contribution in [-0.4, -0.2) is 18.0 Å². The molecular weight excluding hydrogens is 1340 g/mol. The molecule has 0 aliphatic carbocycles. The minimum Gasteiger partial charge on any atom is -0.635 e. The van der Waals surface area contributed by atoms with E-state index in [9.17, 15) is 15.8 Å². The minimum absolute atomic E-state index is 0. The molecule has 0 bridgehead atoms. The molecule has 0 unspecified atom stereocenters. The van der Waals surface area contributed by atoms with Crippen molar-refractivity contribution in [2.45, 2.75) is 152 Å². The van der Waals surface area contributed by atoms with Crippen LogP contribution in [0.3, 0.4) is 0 Å². The zero-order valence-electron chi connectivity index (χ0n) is 59.8. The van der Waals surface area contributed by atoms with Gasteiger partial charge in [0.2, 0.25) is 17.5 Å². The first kappa shape index (κ1) is 76.9. The van der Waals surface area contributed by atoms with Gasteiger partial charge in [0.15, 0.2) is 0 Å². The van der Waals surface area contributed by atoms with Gasteiger partial charge in [-0.15, -0.1) is 0 Å². The molecule has 525 valence electrons. The van der Waals surface area contributed by atoms with Gasteiger partial charge in [0, 0.05) is 17.0 Å². The number of hydrogen-bond donors (Lipinski definition) is 0. The number of hydrogen-bond acceptors (Lipinski definition) is 11. The average Bonchev–Trinajstić information content (AvgIpc) is 1.60. The number of nitriles is 3. The maximum Gasteiger partial charge on any atom is 2.00 e. The van der Waals surface area contributed by atoms with Crippen LogP contribution in [0, 0.1) is 58.2 Å². The molecule has 2 aliphatic rings. The summed E-state index contributed by atoms with van der Waals surface area (Å²) in [6.07, 6.45) is -4.86. The molecule has 4 heterocycles. The fraction of sp³-hybridized carbons (Fsp3) is 0.301. The largest absolute Gasteiger partial charge is 2.00 e. The van der Waals surface area contributed by atoms with E-state index < -0.39 is 29.4 Å². The Morgan fingerprint density at radius 3 is 1.14 bits per heavy atom. The summed E-state index contributed by atoms with van der Waals surface area (Å²) in [5.74, 6) is -0.734. The number of allylic oxidation sites excluding steroid dienone is 2. The van der Waals surface area contributed by atoms with Crippen molar-refractivity contribution in [3.63, 3.8) is 0 Å². The molecule has 10 rings (SSSR count). The van der Waals surface area contributed by atoms with E-state index in [1.54, 1.807) is 117 Å². The van der Waals surface area contributed by atoms with Gasteiger partial charge in [-0.2, -0.15) is 29.0 Å². The molecule has 14 nitrogen and oxygen atoms in total. The van der Waals surface area contributed by atoms with Crippen LogP contribution in [0.5, 0.6) is 46.3 Å². The van der Waals surface area contributed by atoms with Crippen LogP contribution in [0.4, 0.5) is 23.2 Å². The van der Waals surface area contributed by atoms with E-state index in [4.69, 9.17) is 50.0 Å². The van der Waals surface area contributed by atoms with Crippen molar-refractivity contribution in [2.75, 3.05) is 0 Å². The summed E-state index contributed by atoms with van der Waals surface area (Å²) in [5, 5.41) is 30.3. The Morgan fingerprint density at radius 1 is 0.451 bits per heavy atom. The summed E-state index contributed by atoms with van der Waals surface area (Å²) >= 11 is 0. The van der Waals surface area contributed by atoms with E-state index in [2.05, 4.69) is 28.0 Å².